The van der Waals surface area contributed by atoms with Gasteiger partial charge in [0.1, 0.15) is 0 Å². The summed E-state index contributed by atoms with van der Waals surface area (Å²) < 4.78 is 15.2. The summed E-state index contributed by atoms with van der Waals surface area (Å²) in [6.07, 6.45) is 0.195. The lowest BCUT2D eigenvalue weighted by Crippen LogP contribution is -2.49. The van der Waals surface area contributed by atoms with E-state index in [-0.39, 0.29) is 17.9 Å². The van der Waals surface area contributed by atoms with Crippen LogP contribution < -0.4 is 4.90 Å². The Morgan fingerprint density at radius 1 is 1.35 bits per heavy atom. The molecule has 0 aliphatic carbocycles. The Kier molecular flexibility index (Phi) is 3.67. The molecule has 2 fully saturated rings. The van der Waals surface area contributed by atoms with Crippen molar-refractivity contribution in [3.8, 4) is 0 Å². The monoisotopic (exact) mass is 320 g/mol. The molecule has 0 radical (unpaired) electrons. The van der Waals surface area contributed by atoms with Gasteiger partial charge in [-0.05, 0) is 38.1 Å². The highest BCUT2D eigenvalue weighted by molar-refractivity contribution is 6.04. The van der Waals surface area contributed by atoms with Gasteiger partial charge in [-0.1, -0.05) is 6.07 Å². The molecule has 0 saturated carbocycles. The lowest BCUT2D eigenvalue weighted by atomic mass is 9.85. The molecule has 2 saturated heterocycles. The lowest BCUT2D eigenvalue weighted by molar-refractivity contribution is -0.131. The van der Waals surface area contributed by atoms with Crippen LogP contribution in [0.1, 0.15) is 27.9 Å². The number of likely N-dealkylation sites (tertiary alicyclic amines) is 1. The summed E-state index contributed by atoms with van der Waals surface area (Å²) >= 11 is 0. The zero-order valence-corrected chi connectivity index (χ0v) is 13.6. The van der Waals surface area contributed by atoms with Crippen LogP contribution in [0.5, 0.6) is 0 Å². The molecule has 124 valence electrons. The number of carboxylic acid groups (broad SMARTS) is 1. The van der Waals surface area contributed by atoms with Crippen LogP contribution in [-0.2, 0) is 4.79 Å². The number of rotatable bonds is 2. The summed E-state index contributed by atoms with van der Waals surface area (Å²) in [7, 11) is 1.92. The summed E-state index contributed by atoms with van der Waals surface area (Å²) in [4.78, 5) is 27.6. The molecule has 23 heavy (non-hydrogen) atoms. The Balaban J connectivity index is 2.02. The Morgan fingerprint density at radius 2 is 2.04 bits per heavy atom. The van der Waals surface area contributed by atoms with Crippen LogP contribution in [0.25, 0.3) is 0 Å². The number of carboxylic acids is 1. The van der Waals surface area contributed by atoms with Crippen molar-refractivity contribution in [2.45, 2.75) is 25.9 Å². The van der Waals surface area contributed by atoms with Gasteiger partial charge in [-0.25, -0.2) is 9.18 Å². The quantitative estimate of drug-likeness (QED) is 0.905. The first-order valence-electron chi connectivity index (χ1n) is 7.78. The molecule has 2 atom stereocenters. The smallest absolute Gasteiger partial charge is 0.336 e. The maximum atomic E-state index is 15.2. The second-order valence-corrected chi connectivity index (χ2v) is 6.69. The highest BCUT2D eigenvalue weighted by atomic mass is 19.1. The van der Waals surface area contributed by atoms with E-state index in [9.17, 15) is 14.7 Å². The van der Waals surface area contributed by atoms with E-state index in [0.29, 0.717) is 36.4 Å². The van der Waals surface area contributed by atoms with Gasteiger partial charge in [0.25, 0.3) is 5.91 Å². The summed E-state index contributed by atoms with van der Waals surface area (Å²) in [5.74, 6) is -1.93. The molecule has 1 aromatic rings. The number of carbonyl (C=O) groups is 2. The van der Waals surface area contributed by atoms with Crippen molar-refractivity contribution in [1.29, 1.82) is 0 Å². The number of hydrogen-bond donors (Lipinski definition) is 1. The molecule has 1 aromatic carbocycles. The van der Waals surface area contributed by atoms with E-state index in [4.69, 9.17) is 0 Å². The number of anilines is 1. The first kappa shape index (κ1) is 15.9. The second-order valence-electron chi connectivity index (χ2n) is 6.69. The number of nitrogens with zero attached hydrogens (tertiary/aromatic N) is 2. The summed E-state index contributed by atoms with van der Waals surface area (Å²) in [5, 5.41) is 9.39. The summed E-state index contributed by atoms with van der Waals surface area (Å²) in [5.41, 5.74) is 0.0222. The number of aryl methyl sites for hydroxylation is 1. The molecular weight excluding hydrogens is 299 g/mol. The first-order valence-corrected chi connectivity index (χ1v) is 7.78. The van der Waals surface area contributed by atoms with Crippen molar-refractivity contribution in [3.63, 3.8) is 0 Å². The van der Waals surface area contributed by atoms with E-state index in [1.54, 1.807) is 26.0 Å². The van der Waals surface area contributed by atoms with Crippen LogP contribution >= 0.6 is 0 Å². The van der Waals surface area contributed by atoms with Crippen molar-refractivity contribution in [3.05, 3.63) is 28.8 Å². The molecule has 1 N–H and O–H groups in total. The zero-order chi connectivity index (χ0) is 16.9. The van der Waals surface area contributed by atoms with Crippen LogP contribution in [0.4, 0.5) is 10.1 Å². The predicted molar refractivity (Wildman–Crippen MR) is 84.7 cm³/mol. The lowest BCUT2D eigenvalue weighted by Gasteiger charge is -2.34. The molecule has 0 aromatic heterocycles. The minimum absolute atomic E-state index is 0.190. The zero-order valence-electron chi connectivity index (χ0n) is 13.6. The number of halogens is 1. The number of amides is 1. The molecule has 5 nitrogen and oxygen atoms in total. The Bertz CT molecular complexity index is 691. The SMILES string of the molecule is Cc1ccc(N2C[C@@H]3CN(C)CC[C@]3(F)C2=O)c(C)c1C(=O)O. The third-order valence-corrected chi connectivity index (χ3v) is 5.19. The van der Waals surface area contributed by atoms with Crippen molar-refractivity contribution in [2.24, 2.45) is 5.92 Å². The fourth-order valence-corrected chi connectivity index (χ4v) is 3.85. The number of aromatic carboxylic acids is 1. The average molecular weight is 320 g/mol. The van der Waals surface area contributed by atoms with E-state index in [2.05, 4.69) is 0 Å². The van der Waals surface area contributed by atoms with Gasteiger partial charge in [0.05, 0.1) is 5.56 Å². The highest BCUT2D eigenvalue weighted by Gasteiger charge is 2.57. The van der Waals surface area contributed by atoms with Crippen LogP contribution in [-0.4, -0.2) is 54.2 Å². The van der Waals surface area contributed by atoms with Crippen LogP contribution in [0, 0.1) is 19.8 Å². The molecular formula is C17H21FN2O3. The Hall–Kier alpha value is -1.95. The Morgan fingerprint density at radius 3 is 2.70 bits per heavy atom. The maximum Gasteiger partial charge on any atom is 0.336 e. The summed E-state index contributed by atoms with van der Waals surface area (Å²) in [6, 6.07) is 3.40. The second kappa shape index (κ2) is 5.30. The molecule has 3 rings (SSSR count). The number of hydrogen-bond acceptors (Lipinski definition) is 3. The van der Waals surface area contributed by atoms with Gasteiger partial charge >= 0.3 is 5.97 Å². The third-order valence-electron chi connectivity index (χ3n) is 5.19. The van der Waals surface area contributed by atoms with E-state index in [0.717, 1.165) is 0 Å². The van der Waals surface area contributed by atoms with Gasteiger partial charge in [0, 0.05) is 37.7 Å². The highest BCUT2D eigenvalue weighted by Crippen LogP contribution is 2.42. The van der Waals surface area contributed by atoms with Gasteiger partial charge in [-0.15, -0.1) is 0 Å². The van der Waals surface area contributed by atoms with Crippen LogP contribution in [0.15, 0.2) is 12.1 Å². The van der Waals surface area contributed by atoms with E-state index in [1.807, 2.05) is 11.9 Å². The standard InChI is InChI=1S/C17H21FN2O3/c1-10-4-5-13(11(2)14(10)15(21)22)20-9-12-8-19(3)7-6-17(12,18)16(20)23/h4-5,12H,6-9H2,1-3H3,(H,21,22)/t12-,17+/m0/s1. The molecule has 6 heteroatoms. The number of fused-ring (bicyclic) bond motifs is 1. The normalized spacial score (nSPS) is 28.1. The van der Waals surface area contributed by atoms with Crippen molar-refractivity contribution in [2.75, 3.05) is 31.6 Å². The minimum Gasteiger partial charge on any atom is -0.478 e. The first-order chi connectivity index (χ1) is 10.8. The molecule has 2 aliphatic heterocycles. The van der Waals surface area contributed by atoms with E-state index >= 15 is 4.39 Å². The predicted octanol–water partition coefficient (Wildman–Crippen LogP) is 2.01. The molecule has 0 unspecified atom stereocenters. The fraction of sp³-hybridized carbons (Fsp3) is 0.529. The van der Waals surface area contributed by atoms with Gasteiger partial charge < -0.3 is 14.9 Å². The number of alkyl halides is 1. The number of piperidine rings is 1. The van der Waals surface area contributed by atoms with Crippen molar-refractivity contribution in [1.82, 2.24) is 4.90 Å². The fourth-order valence-electron chi connectivity index (χ4n) is 3.85. The summed E-state index contributed by atoms with van der Waals surface area (Å²) in [6.45, 7) is 4.79. The van der Waals surface area contributed by atoms with Gasteiger partial charge in [0.2, 0.25) is 0 Å². The minimum atomic E-state index is -1.83. The van der Waals surface area contributed by atoms with Crippen molar-refractivity contribution < 1.29 is 19.1 Å². The Labute approximate surface area is 134 Å². The van der Waals surface area contributed by atoms with Crippen LogP contribution in [0.3, 0.4) is 0 Å². The largest absolute Gasteiger partial charge is 0.478 e. The van der Waals surface area contributed by atoms with Gasteiger partial charge in [-0.3, -0.25) is 4.79 Å². The molecule has 2 heterocycles. The average Bonchev–Trinajstić information content (AvgIpc) is 2.72. The van der Waals surface area contributed by atoms with Crippen LogP contribution in [0.2, 0.25) is 0 Å². The van der Waals surface area contributed by atoms with E-state index < -0.39 is 17.5 Å². The molecule has 2 aliphatic rings. The number of carbonyl (C=O) groups excluding carboxylic acids is 1. The molecule has 1 amide bonds. The molecule has 0 spiro atoms. The van der Waals surface area contributed by atoms with Gasteiger partial charge in [0.15, 0.2) is 5.67 Å². The third kappa shape index (κ3) is 2.32. The van der Waals surface area contributed by atoms with Gasteiger partial charge in [-0.2, -0.15) is 0 Å². The van der Waals surface area contributed by atoms with E-state index in [1.165, 1.54) is 4.90 Å². The topological polar surface area (TPSA) is 60.9 Å². The number of benzene rings is 1. The van der Waals surface area contributed by atoms with Crippen molar-refractivity contribution >= 4 is 17.6 Å². The molecule has 0 bridgehead atoms. The maximum absolute atomic E-state index is 15.2.